The quantitative estimate of drug-likeness (QED) is 0.468. The molecule has 13 heavy (non-hydrogen) atoms. The number of hydrogen-bond donors (Lipinski definition) is 0. The molecular formula is C11H20O2. The molecule has 0 bridgehead atoms. The molecule has 2 heteroatoms. The van der Waals surface area contributed by atoms with Gasteiger partial charge in [0.1, 0.15) is 6.61 Å². The summed E-state index contributed by atoms with van der Waals surface area (Å²) in [7, 11) is 0. The third-order valence-electron chi connectivity index (χ3n) is 1.54. The lowest BCUT2D eigenvalue weighted by Crippen LogP contribution is -2.07. The van der Waals surface area contributed by atoms with Crippen LogP contribution < -0.4 is 0 Å². The summed E-state index contributed by atoms with van der Waals surface area (Å²) in [5.74, 6) is 0.281. The Morgan fingerprint density at radius 1 is 1.38 bits per heavy atom. The van der Waals surface area contributed by atoms with Gasteiger partial charge in [-0.2, -0.15) is 0 Å². The zero-order chi connectivity index (χ0) is 10.1. The maximum absolute atomic E-state index is 11.0. The molecule has 0 spiro atoms. The van der Waals surface area contributed by atoms with E-state index in [4.69, 9.17) is 4.74 Å². The number of ether oxygens (including phenoxy) is 1. The summed E-state index contributed by atoms with van der Waals surface area (Å²) >= 11 is 0. The fourth-order valence-electron chi connectivity index (χ4n) is 0.886. The molecule has 76 valence electrons. The monoisotopic (exact) mass is 184 g/mol. The predicted molar refractivity (Wildman–Crippen MR) is 54.5 cm³/mol. The van der Waals surface area contributed by atoms with Crippen LogP contribution in [0.1, 0.15) is 40.0 Å². The van der Waals surface area contributed by atoms with Gasteiger partial charge in [-0.3, -0.25) is 4.79 Å². The molecule has 0 aliphatic heterocycles. The Balaban J connectivity index is 3.36. The standard InChI is InChI=1S/C11H20O2/c1-4-5-6-7-8-13-11(12)9-10(2)3/h6-7,10H,4-5,8-9H2,1-3H3/b7-6+. The number of esters is 1. The lowest BCUT2D eigenvalue weighted by molar-refractivity contribution is -0.143. The van der Waals surface area contributed by atoms with Crippen molar-refractivity contribution in [3.8, 4) is 0 Å². The molecule has 0 rings (SSSR count). The van der Waals surface area contributed by atoms with Crippen LogP contribution in [0.3, 0.4) is 0 Å². The van der Waals surface area contributed by atoms with Gasteiger partial charge in [-0.05, 0) is 12.3 Å². The molecule has 0 aromatic rings. The van der Waals surface area contributed by atoms with Crippen molar-refractivity contribution in [1.82, 2.24) is 0 Å². The highest BCUT2D eigenvalue weighted by molar-refractivity contribution is 5.69. The van der Waals surface area contributed by atoms with E-state index in [0.29, 0.717) is 18.9 Å². The van der Waals surface area contributed by atoms with Gasteiger partial charge in [0.15, 0.2) is 0 Å². The van der Waals surface area contributed by atoms with E-state index in [1.54, 1.807) is 0 Å². The molecule has 0 aromatic carbocycles. The molecule has 0 heterocycles. The minimum atomic E-state index is -0.101. The first-order valence-corrected chi connectivity index (χ1v) is 4.97. The average Bonchev–Trinajstić information content (AvgIpc) is 2.02. The molecule has 0 amide bonds. The zero-order valence-electron chi connectivity index (χ0n) is 8.88. The predicted octanol–water partition coefficient (Wildman–Crippen LogP) is 2.93. The summed E-state index contributed by atoms with van der Waals surface area (Å²) in [5, 5.41) is 0. The molecule has 0 saturated carbocycles. The number of carbonyl (C=O) groups is 1. The van der Waals surface area contributed by atoms with Crippen LogP contribution >= 0.6 is 0 Å². The van der Waals surface area contributed by atoms with Gasteiger partial charge in [0.05, 0.1) is 0 Å². The number of hydrogen-bond acceptors (Lipinski definition) is 2. The second-order valence-electron chi connectivity index (χ2n) is 3.54. The first-order chi connectivity index (χ1) is 6.16. The molecule has 0 radical (unpaired) electrons. The fourth-order valence-corrected chi connectivity index (χ4v) is 0.886. The van der Waals surface area contributed by atoms with Gasteiger partial charge in [0, 0.05) is 6.42 Å². The van der Waals surface area contributed by atoms with Crippen LogP contribution in [0, 0.1) is 5.92 Å². The van der Waals surface area contributed by atoms with Crippen molar-refractivity contribution in [3.05, 3.63) is 12.2 Å². The summed E-state index contributed by atoms with van der Waals surface area (Å²) in [6.07, 6.45) is 6.66. The molecule has 0 aromatic heterocycles. The fraction of sp³-hybridized carbons (Fsp3) is 0.727. The lowest BCUT2D eigenvalue weighted by Gasteiger charge is -2.03. The summed E-state index contributed by atoms with van der Waals surface area (Å²) in [5.41, 5.74) is 0. The topological polar surface area (TPSA) is 26.3 Å². The number of allylic oxidation sites excluding steroid dienone is 1. The van der Waals surface area contributed by atoms with E-state index >= 15 is 0 Å². The number of carbonyl (C=O) groups excluding carboxylic acids is 1. The maximum atomic E-state index is 11.0. The van der Waals surface area contributed by atoms with E-state index in [1.807, 2.05) is 26.0 Å². The van der Waals surface area contributed by atoms with Crippen molar-refractivity contribution in [1.29, 1.82) is 0 Å². The minimum Gasteiger partial charge on any atom is -0.461 e. The third-order valence-corrected chi connectivity index (χ3v) is 1.54. The average molecular weight is 184 g/mol. The van der Waals surface area contributed by atoms with Gasteiger partial charge < -0.3 is 4.74 Å². The first kappa shape index (κ1) is 12.2. The van der Waals surface area contributed by atoms with Crippen LogP contribution in [0.2, 0.25) is 0 Å². The summed E-state index contributed by atoms with van der Waals surface area (Å²) in [6, 6.07) is 0. The normalized spacial score (nSPS) is 11.1. The van der Waals surface area contributed by atoms with E-state index in [0.717, 1.165) is 12.8 Å². The van der Waals surface area contributed by atoms with Crippen LogP contribution in [0.25, 0.3) is 0 Å². The van der Waals surface area contributed by atoms with Crippen LogP contribution in [-0.2, 0) is 9.53 Å². The van der Waals surface area contributed by atoms with Crippen LogP contribution in [0.4, 0.5) is 0 Å². The molecule has 0 aliphatic rings. The Labute approximate surface area is 81.0 Å². The molecule has 0 saturated heterocycles. The first-order valence-electron chi connectivity index (χ1n) is 4.97. The largest absolute Gasteiger partial charge is 0.461 e. The van der Waals surface area contributed by atoms with Gasteiger partial charge in [0.25, 0.3) is 0 Å². The van der Waals surface area contributed by atoms with Crippen molar-refractivity contribution in [2.45, 2.75) is 40.0 Å². The zero-order valence-corrected chi connectivity index (χ0v) is 8.88. The maximum Gasteiger partial charge on any atom is 0.306 e. The Morgan fingerprint density at radius 3 is 2.62 bits per heavy atom. The highest BCUT2D eigenvalue weighted by Crippen LogP contribution is 2.00. The van der Waals surface area contributed by atoms with E-state index in [2.05, 4.69) is 6.92 Å². The van der Waals surface area contributed by atoms with E-state index in [9.17, 15) is 4.79 Å². The minimum absolute atomic E-state index is 0.101. The summed E-state index contributed by atoms with van der Waals surface area (Å²) in [4.78, 5) is 11.0. The van der Waals surface area contributed by atoms with Crippen molar-refractivity contribution in [3.63, 3.8) is 0 Å². The van der Waals surface area contributed by atoms with Gasteiger partial charge in [0.2, 0.25) is 0 Å². The molecular weight excluding hydrogens is 164 g/mol. The summed E-state index contributed by atoms with van der Waals surface area (Å²) < 4.78 is 4.97. The van der Waals surface area contributed by atoms with E-state index < -0.39 is 0 Å². The molecule has 0 fully saturated rings. The van der Waals surface area contributed by atoms with Gasteiger partial charge in [-0.1, -0.05) is 39.3 Å². The smallest absolute Gasteiger partial charge is 0.306 e. The Hall–Kier alpha value is -0.790. The van der Waals surface area contributed by atoms with Crippen LogP contribution in [0.15, 0.2) is 12.2 Å². The van der Waals surface area contributed by atoms with Gasteiger partial charge >= 0.3 is 5.97 Å². The molecule has 2 nitrogen and oxygen atoms in total. The Kier molecular flexibility index (Phi) is 7.36. The second-order valence-corrected chi connectivity index (χ2v) is 3.54. The van der Waals surface area contributed by atoms with E-state index in [-0.39, 0.29) is 5.97 Å². The van der Waals surface area contributed by atoms with Crippen molar-refractivity contribution < 1.29 is 9.53 Å². The summed E-state index contributed by atoms with van der Waals surface area (Å²) in [6.45, 7) is 6.56. The van der Waals surface area contributed by atoms with Crippen LogP contribution in [0.5, 0.6) is 0 Å². The molecule has 0 N–H and O–H groups in total. The highest BCUT2D eigenvalue weighted by atomic mass is 16.5. The van der Waals surface area contributed by atoms with Crippen LogP contribution in [-0.4, -0.2) is 12.6 Å². The lowest BCUT2D eigenvalue weighted by atomic mass is 10.1. The number of rotatable bonds is 6. The van der Waals surface area contributed by atoms with Crippen molar-refractivity contribution >= 4 is 5.97 Å². The van der Waals surface area contributed by atoms with Gasteiger partial charge in [-0.25, -0.2) is 0 Å². The molecule has 0 unspecified atom stereocenters. The second kappa shape index (κ2) is 7.84. The van der Waals surface area contributed by atoms with Gasteiger partial charge in [-0.15, -0.1) is 0 Å². The third kappa shape index (κ3) is 9.12. The number of unbranched alkanes of at least 4 members (excludes halogenated alkanes) is 1. The Morgan fingerprint density at radius 2 is 2.08 bits per heavy atom. The van der Waals surface area contributed by atoms with Crippen molar-refractivity contribution in [2.24, 2.45) is 5.92 Å². The highest BCUT2D eigenvalue weighted by Gasteiger charge is 2.03. The Bertz CT molecular complexity index is 159. The van der Waals surface area contributed by atoms with E-state index in [1.165, 1.54) is 0 Å². The SMILES string of the molecule is CCC/C=C/COC(=O)CC(C)C. The molecule has 0 atom stereocenters. The molecule has 0 aliphatic carbocycles. The van der Waals surface area contributed by atoms with Crippen molar-refractivity contribution in [2.75, 3.05) is 6.61 Å².